The van der Waals surface area contributed by atoms with E-state index in [9.17, 15) is 4.79 Å². The van der Waals surface area contributed by atoms with Gasteiger partial charge in [0.2, 0.25) is 0 Å². The molecule has 15 heavy (non-hydrogen) atoms. The highest BCUT2D eigenvalue weighted by molar-refractivity contribution is 7.99. The van der Waals surface area contributed by atoms with Crippen molar-refractivity contribution in [1.82, 2.24) is 4.98 Å². The molecule has 0 bridgehead atoms. The molecule has 0 spiro atoms. The lowest BCUT2D eigenvalue weighted by Crippen LogP contribution is -2.31. The molecule has 1 aliphatic heterocycles. The minimum absolute atomic E-state index is 0.322. The Morgan fingerprint density at radius 2 is 2.47 bits per heavy atom. The number of rotatable bonds is 3. The fourth-order valence-electron chi connectivity index (χ4n) is 1.51. The molecular weight excluding hydrogens is 252 g/mol. The Kier molecular flexibility index (Phi) is 3.53. The van der Waals surface area contributed by atoms with Crippen molar-refractivity contribution in [3.05, 3.63) is 10.0 Å². The number of carbonyl (C=O) groups excluding carboxylic acids is 1. The third kappa shape index (κ3) is 2.29. The summed E-state index contributed by atoms with van der Waals surface area (Å²) in [5.41, 5.74) is 0. The van der Waals surface area contributed by atoms with Gasteiger partial charge in [0.05, 0.1) is 0 Å². The van der Waals surface area contributed by atoms with E-state index in [4.69, 9.17) is 11.6 Å². The van der Waals surface area contributed by atoms with Crippen LogP contribution in [0.4, 0.5) is 5.13 Å². The van der Waals surface area contributed by atoms with Gasteiger partial charge >= 0.3 is 0 Å². The van der Waals surface area contributed by atoms with E-state index in [1.54, 1.807) is 0 Å². The van der Waals surface area contributed by atoms with Gasteiger partial charge in [0.25, 0.3) is 0 Å². The summed E-state index contributed by atoms with van der Waals surface area (Å²) in [4.78, 5) is 17.5. The summed E-state index contributed by atoms with van der Waals surface area (Å²) in [7, 11) is 2.01. The SMILES string of the molecule is CN(c1nc(Cl)c(C=O)s1)C1CCSC1. The molecular formula is C9H11ClN2OS2. The van der Waals surface area contributed by atoms with Gasteiger partial charge in [0.15, 0.2) is 16.6 Å². The highest BCUT2D eigenvalue weighted by Crippen LogP contribution is 2.31. The van der Waals surface area contributed by atoms with Crippen LogP contribution in [0, 0.1) is 0 Å². The standard InChI is InChI=1S/C9H11ClN2OS2/c1-12(6-2-3-14-5-6)9-11-8(10)7(4-13)15-9/h4,6H,2-3,5H2,1H3. The first-order valence-electron chi connectivity index (χ1n) is 4.64. The van der Waals surface area contributed by atoms with Gasteiger partial charge in [-0.2, -0.15) is 11.8 Å². The monoisotopic (exact) mass is 262 g/mol. The molecule has 1 unspecified atom stereocenters. The second-order valence-corrected chi connectivity index (χ2v) is 5.91. The molecule has 0 aliphatic carbocycles. The minimum atomic E-state index is 0.322. The lowest BCUT2D eigenvalue weighted by atomic mass is 10.2. The van der Waals surface area contributed by atoms with Gasteiger partial charge in [-0.15, -0.1) is 0 Å². The Labute approximate surface area is 102 Å². The first-order chi connectivity index (χ1) is 7.22. The van der Waals surface area contributed by atoms with E-state index in [1.165, 1.54) is 23.5 Å². The Morgan fingerprint density at radius 1 is 1.67 bits per heavy atom. The Morgan fingerprint density at radius 3 is 3.00 bits per heavy atom. The molecule has 0 radical (unpaired) electrons. The summed E-state index contributed by atoms with van der Waals surface area (Å²) in [6, 6.07) is 0.525. The molecule has 0 amide bonds. The Hall–Kier alpha value is -0.260. The van der Waals surface area contributed by atoms with Crippen molar-refractivity contribution >= 4 is 46.1 Å². The van der Waals surface area contributed by atoms with E-state index in [1.807, 2.05) is 18.8 Å². The third-order valence-electron chi connectivity index (χ3n) is 2.46. The number of hydrogen-bond acceptors (Lipinski definition) is 5. The molecule has 3 nitrogen and oxygen atoms in total. The van der Waals surface area contributed by atoms with Crippen molar-refractivity contribution < 1.29 is 4.79 Å². The first-order valence-corrected chi connectivity index (χ1v) is 6.99. The van der Waals surface area contributed by atoms with Gasteiger partial charge in [-0.25, -0.2) is 4.98 Å². The molecule has 1 aromatic heterocycles. The van der Waals surface area contributed by atoms with Gasteiger partial charge in [-0.3, -0.25) is 4.79 Å². The molecule has 1 saturated heterocycles. The number of aromatic nitrogens is 1. The molecule has 0 aromatic carbocycles. The van der Waals surface area contributed by atoms with E-state index < -0.39 is 0 Å². The number of hydrogen-bond donors (Lipinski definition) is 0. The van der Waals surface area contributed by atoms with Crippen LogP contribution in [0.2, 0.25) is 5.15 Å². The quantitative estimate of drug-likeness (QED) is 0.784. The molecule has 6 heteroatoms. The number of carbonyl (C=O) groups is 1. The van der Waals surface area contributed by atoms with Crippen molar-refractivity contribution in [3.8, 4) is 0 Å². The summed E-state index contributed by atoms with van der Waals surface area (Å²) in [6.07, 6.45) is 1.94. The average molecular weight is 263 g/mol. The van der Waals surface area contributed by atoms with E-state index in [0.717, 1.165) is 17.2 Å². The number of anilines is 1. The zero-order chi connectivity index (χ0) is 10.8. The maximum absolute atomic E-state index is 10.6. The summed E-state index contributed by atoms with van der Waals surface area (Å²) < 4.78 is 0. The fraction of sp³-hybridized carbons (Fsp3) is 0.556. The van der Waals surface area contributed by atoms with Crippen LogP contribution in [0.15, 0.2) is 0 Å². The van der Waals surface area contributed by atoms with Gasteiger partial charge in [0, 0.05) is 18.8 Å². The van der Waals surface area contributed by atoms with Gasteiger partial charge in [0.1, 0.15) is 4.88 Å². The van der Waals surface area contributed by atoms with E-state index in [2.05, 4.69) is 9.88 Å². The van der Waals surface area contributed by atoms with Crippen molar-refractivity contribution in [2.24, 2.45) is 0 Å². The van der Waals surface area contributed by atoms with Crippen molar-refractivity contribution in [2.45, 2.75) is 12.5 Å². The van der Waals surface area contributed by atoms with Crippen molar-refractivity contribution in [2.75, 3.05) is 23.5 Å². The fourth-order valence-corrected chi connectivity index (χ4v) is 3.87. The van der Waals surface area contributed by atoms with Gasteiger partial charge in [-0.1, -0.05) is 22.9 Å². The number of halogens is 1. The molecule has 1 atom stereocenters. The Bertz CT molecular complexity index is 363. The van der Waals surface area contributed by atoms with Crippen LogP contribution in [0.1, 0.15) is 16.1 Å². The molecule has 2 heterocycles. The van der Waals surface area contributed by atoms with Crippen LogP contribution in [0.3, 0.4) is 0 Å². The molecule has 82 valence electrons. The maximum atomic E-state index is 10.6. The minimum Gasteiger partial charge on any atom is -0.347 e. The largest absolute Gasteiger partial charge is 0.347 e. The van der Waals surface area contributed by atoms with Crippen LogP contribution in [-0.2, 0) is 0 Å². The highest BCUT2D eigenvalue weighted by Gasteiger charge is 2.23. The summed E-state index contributed by atoms with van der Waals surface area (Å²) in [6.45, 7) is 0. The summed E-state index contributed by atoms with van der Waals surface area (Å²) in [5.74, 6) is 2.33. The second kappa shape index (κ2) is 4.72. The predicted octanol–water partition coefficient (Wildman–Crippen LogP) is 2.55. The summed E-state index contributed by atoms with van der Waals surface area (Å²) >= 11 is 9.15. The molecule has 1 fully saturated rings. The number of aldehydes is 1. The topological polar surface area (TPSA) is 33.2 Å². The lowest BCUT2D eigenvalue weighted by Gasteiger charge is -2.22. The normalized spacial score (nSPS) is 20.5. The maximum Gasteiger partial charge on any atom is 0.187 e. The summed E-state index contributed by atoms with van der Waals surface area (Å²) in [5, 5.41) is 1.16. The Balaban J connectivity index is 2.17. The van der Waals surface area contributed by atoms with Crippen LogP contribution in [0.5, 0.6) is 0 Å². The highest BCUT2D eigenvalue weighted by atomic mass is 35.5. The van der Waals surface area contributed by atoms with Crippen molar-refractivity contribution in [3.63, 3.8) is 0 Å². The van der Waals surface area contributed by atoms with Gasteiger partial charge < -0.3 is 4.90 Å². The molecule has 1 aromatic rings. The molecule has 0 saturated carbocycles. The number of nitrogens with zero attached hydrogens (tertiary/aromatic N) is 2. The number of thiazole rings is 1. The van der Waals surface area contributed by atoms with Crippen LogP contribution >= 0.6 is 34.7 Å². The number of thioether (sulfide) groups is 1. The molecule has 1 aliphatic rings. The molecule has 0 N–H and O–H groups in total. The zero-order valence-corrected chi connectivity index (χ0v) is 10.7. The van der Waals surface area contributed by atoms with Gasteiger partial charge in [-0.05, 0) is 12.2 Å². The van der Waals surface area contributed by atoms with Crippen LogP contribution in [-0.4, -0.2) is 35.9 Å². The van der Waals surface area contributed by atoms with Crippen molar-refractivity contribution in [1.29, 1.82) is 0 Å². The predicted molar refractivity (Wildman–Crippen MR) is 66.6 cm³/mol. The second-order valence-electron chi connectivity index (χ2n) is 3.40. The van der Waals surface area contributed by atoms with E-state index in [0.29, 0.717) is 16.1 Å². The van der Waals surface area contributed by atoms with E-state index in [-0.39, 0.29) is 0 Å². The smallest absolute Gasteiger partial charge is 0.187 e. The van der Waals surface area contributed by atoms with Crippen LogP contribution < -0.4 is 4.90 Å². The zero-order valence-electron chi connectivity index (χ0n) is 8.27. The third-order valence-corrected chi connectivity index (χ3v) is 5.08. The van der Waals surface area contributed by atoms with Crippen LogP contribution in [0.25, 0.3) is 0 Å². The molecule has 2 rings (SSSR count). The van der Waals surface area contributed by atoms with E-state index >= 15 is 0 Å². The average Bonchev–Trinajstić information content (AvgIpc) is 2.85. The first kappa shape index (κ1) is 11.2. The lowest BCUT2D eigenvalue weighted by molar-refractivity contribution is 0.112.